The maximum absolute atomic E-state index is 6.15. The normalized spacial score (nSPS) is 17.1. The van der Waals surface area contributed by atoms with Crippen molar-refractivity contribution < 1.29 is 9.47 Å². The summed E-state index contributed by atoms with van der Waals surface area (Å²) in [5.41, 5.74) is 8.83. The summed E-state index contributed by atoms with van der Waals surface area (Å²) >= 11 is 0. The van der Waals surface area contributed by atoms with Crippen molar-refractivity contribution in [2.75, 3.05) is 13.7 Å². The standard InChI is InChI=1S/C15H23NO2/c1-3-14(17-2)13(16)6-4-11-5-7-15-12(10-11)8-9-18-15/h5,7,10,13-14H,3-4,6,8-9,16H2,1-2H3. The van der Waals surface area contributed by atoms with Crippen LogP contribution in [0, 0.1) is 0 Å². The summed E-state index contributed by atoms with van der Waals surface area (Å²) in [6, 6.07) is 6.59. The summed E-state index contributed by atoms with van der Waals surface area (Å²) in [6.45, 7) is 2.93. The van der Waals surface area contributed by atoms with Gasteiger partial charge in [0.05, 0.1) is 12.7 Å². The van der Waals surface area contributed by atoms with Crippen molar-refractivity contribution >= 4 is 0 Å². The molecule has 2 unspecified atom stereocenters. The first-order valence-corrected chi connectivity index (χ1v) is 6.77. The van der Waals surface area contributed by atoms with Gasteiger partial charge >= 0.3 is 0 Å². The van der Waals surface area contributed by atoms with Gasteiger partial charge in [-0.15, -0.1) is 0 Å². The Balaban J connectivity index is 1.90. The van der Waals surface area contributed by atoms with E-state index in [-0.39, 0.29) is 12.1 Å². The zero-order valence-corrected chi connectivity index (χ0v) is 11.3. The number of rotatable bonds is 6. The molecule has 1 heterocycles. The molecule has 0 aliphatic carbocycles. The Morgan fingerprint density at radius 3 is 3.00 bits per heavy atom. The molecule has 1 aromatic carbocycles. The molecule has 2 rings (SSSR count). The van der Waals surface area contributed by atoms with Crippen molar-refractivity contribution in [2.24, 2.45) is 5.73 Å². The molecule has 0 fully saturated rings. The van der Waals surface area contributed by atoms with Crippen LogP contribution in [0.15, 0.2) is 18.2 Å². The minimum absolute atomic E-state index is 0.115. The highest BCUT2D eigenvalue weighted by Crippen LogP contribution is 2.26. The van der Waals surface area contributed by atoms with Gasteiger partial charge in [0, 0.05) is 19.6 Å². The van der Waals surface area contributed by atoms with Gasteiger partial charge in [0.25, 0.3) is 0 Å². The van der Waals surface area contributed by atoms with E-state index >= 15 is 0 Å². The van der Waals surface area contributed by atoms with E-state index in [0.717, 1.165) is 38.0 Å². The first-order chi connectivity index (χ1) is 8.74. The van der Waals surface area contributed by atoms with Gasteiger partial charge in [0.15, 0.2) is 0 Å². The third-order valence-corrected chi connectivity index (χ3v) is 3.70. The quantitative estimate of drug-likeness (QED) is 0.841. The third-order valence-electron chi connectivity index (χ3n) is 3.70. The summed E-state index contributed by atoms with van der Waals surface area (Å²) in [7, 11) is 1.74. The predicted octanol–water partition coefficient (Wildman–Crippen LogP) is 2.31. The van der Waals surface area contributed by atoms with E-state index < -0.39 is 0 Å². The molecular formula is C15H23NO2. The van der Waals surface area contributed by atoms with Crippen LogP contribution >= 0.6 is 0 Å². The molecule has 18 heavy (non-hydrogen) atoms. The largest absolute Gasteiger partial charge is 0.493 e. The molecule has 1 aliphatic heterocycles. The Labute approximate surface area is 109 Å². The lowest BCUT2D eigenvalue weighted by Gasteiger charge is -2.21. The molecule has 1 aromatic rings. The number of hydrogen-bond acceptors (Lipinski definition) is 3. The zero-order chi connectivity index (χ0) is 13.0. The summed E-state index contributed by atoms with van der Waals surface area (Å²) < 4.78 is 10.9. The fourth-order valence-corrected chi connectivity index (χ4v) is 2.56. The van der Waals surface area contributed by atoms with Crippen molar-refractivity contribution in [1.29, 1.82) is 0 Å². The van der Waals surface area contributed by atoms with Crippen molar-refractivity contribution in [2.45, 2.75) is 44.8 Å². The average molecular weight is 249 g/mol. The first kappa shape index (κ1) is 13.4. The van der Waals surface area contributed by atoms with E-state index in [4.69, 9.17) is 15.2 Å². The Morgan fingerprint density at radius 2 is 2.28 bits per heavy atom. The summed E-state index contributed by atoms with van der Waals surface area (Å²) in [4.78, 5) is 0. The number of hydrogen-bond donors (Lipinski definition) is 1. The second kappa shape index (κ2) is 6.21. The van der Waals surface area contributed by atoms with Gasteiger partial charge < -0.3 is 15.2 Å². The lowest BCUT2D eigenvalue weighted by molar-refractivity contribution is 0.0749. The maximum Gasteiger partial charge on any atom is 0.122 e. The van der Waals surface area contributed by atoms with E-state index in [1.807, 2.05) is 0 Å². The molecule has 2 N–H and O–H groups in total. The van der Waals surface area contributed by atoms with Gasteiger partial charge in [0.1, 0.15) is 5.75 Å². The van der Waals surface area contributed by atoms with Crippen LogP contribution in [-0.2, 0) is 17.6 Å². The Kier molecular flexibility index (Phi) is 4.61. The molecule has 0 spiro atoms. The lowest BCUT2D eigenvalue weighted by atomic mass is 9.99. The van der Waals surface area contributed by atoms with Crippen LogP contribution in [0.2, 0.25) is 0 Å². The van der Waals surface area contributed by atoms with Crippen molar-refractivity contribution in [3.8, 4) is 5.75 Å². The van der Waals surface area contributed by atoms with E-state index in [1.54, 1.807) is 7.11 Å². The molecule has 0 radical (unpaired) electrons. The van der Waals surface area contributed by atoms with Crippen molar-refractivity contribution in [1.82, 2.24) is 0 Å². The van der Waals surface area contributed by atoms with Gasteiger partial charge in [-0.05, 0) is 36.5 Å². The summed E-state index contributed by atoms with van der Waals surface area (Å²) in [5, 5.41) is 0. The number of benzene rings is 1. The minimum Gasteiger partial charge on any atom is -0.493 e. The fraction of sp³-hybridized carbons (Fsp3) is 0.600. The monoisotopic (exact) mass is 249 g/mol. The van der Waals surface area contributed by atoms with Crippen LogP contribution in [0.5, 0.6) is 5.75 Å². The Morgan fingerprint density at radius 1 is 1.44 bits per heavy atom. The van der Waals surface area contributed by atoms with Gasteiger partial charge in [-0.2, -0.15) is 0 Å². The maximum atomic E-state index is 6.15. The number of methoxy groups -OCH3 is 1. The van der Waals surface area contributed by atoms with E-state index in [0.29, 0.717) is 0 Å². The average Bonchev–Trinajstić information content (AvgIpc) is 2.85. The van der Waals surface area contributed by atoms with E-state index in [1.165, 1.54) is 11.1 Å². The number of ether oxygens (including phenoxy) is 2. The Bertz CT molecular complexity index is 388. The topological polar surface area (TPSA) is 44.5 Å². The smallest absolute Gasteiger partial charge is 0.122 e. The molecule has 1 aliphatic rings. The molecule has 3 nitrogen and oxygen atoms in total. The molecule has 3 heteroatoms. The first-order valence-electron chi connectivity index (χ1n) is 6.77. The highest BCUT2D eigenvalue weighted by molar-refractivity contribution is 5.39. The molecule has 0 saturated carbocycles. The van der Waals surface area contributed by atoms with E-state index in [9.17, 15) is 0 Å². The zero-order valence-electron chi connectivity index (χ0n) is 11.3. The molecule has 0 bridgehead atoms. The van der Waals surface area contributed by atoms with Crippen LogP contribution in [0.25, 0.3) is 0 Å². The van der Waals surface area contributed by atoms with Crippen LogP contribution in [-0.4, -0.2) is 25.9 Å². The second-order valence-corrected chi connectivity index (χ2v) is 4.93. The van der Waals surface area contributed by atoms with Gasteiger partial charge in [-0.1, -0.05) is 19.1 Å². The van der Waals surface area contributed by atoms with Crippen molar-refractivity contribution in [3.05, 3.63) is 29.3 Å². The van der Waals surface area contributed by atoms with Gasteiger partial charge in [0.2, 0.25) is 0 Å². The third kappa shape index (κ3) is 3.03. The molecule has 100 valence electrons. The van der Waals surface area contributed by atoms with Crippen LogP contribution in [0.4, 0.5) is 0 Å². The molecule has 0 aromatic heterocycles. The SMILES string of the molecule is CCC(OC)C(N)CCc1ccc2c(c1)CCO2. The fourth-order valence-electron chi connectivity index (χ4n) is 2.56. The van der Waals surface area contributed by atoms with Gasteiger partial charge in [-0.25, -0.2) is 0 Å². The van der Waals surface area contributed by atoms with Crippen LogP contribution < -0.4 is 10.5 Å². The van der Waals surface area contributed by atoms with Crippen molar-refractivity contribution in [3.63, 3.8) is 0 Å². The summed E-state index contributed by atoms with van der Waals surface area (Å²) in [6.07, 6.45) is 4.14. The highest BCUT2D eigenvalue weighted by atomic mass is 16.5. The lowest BCUT2D eigenvalue weighted by Crippen LogP contribution is -2.36. The second-order valence-electron chi connectivity index (χ2n) is 4.93. The van der Waals surface area contributed by atoms with Crippen LogP contribution in [0.3, 0.4) is 0 Å². The van der Waals surface area contributed by atoms with Crippen LogP contribution in [0.1, 0.15) is 30.9 Å². The summed E-state index contributed by atoms with van der Waals surface area (Å²) in [5.74, 6) is 1.05. The number of aryl methyl sites for hydroxylation is 1. The Hall–Kier alpha value is -1.06. The molecule has 0 saturated heterocycles. The van der Waals surface area contributed by atoms with E-state index in [2.05, 4.69) is 25.1 Å². The number of fused-ring (bicyclic) bond motifs is 1. The molecular weight excluding hydrogens is 226 g/mol. The molecule has 0 amide bonds. The number of nitrogens with two attached hydrogens (primary N) is 1. The predicted molar refractivity (Wildman–Crippen MR) is 73.0 cm³/mol. The minimum atomic E-state index is 0.115. The van der Waals surface area contributed by atoms with Gasteiger partial charge in [-0.3, -0.25) is 0 Å². The highest BCUT2D eigenvalue weighted by Gasteiger charge is 2.16. The molecule has 2 atom stereocenters.